The van der Waals surface area contributed by atoms with E-state index in [9.17, 15) is 14.7 Å². The monoisotopic (exact) mass is 369 g/mol. The number of nitrogens with zero attached hydrogens (tertiary/aromatic N) is 1. The molecule has 0 aromatic heterocycles. The molecule has 2 aromatic rings. The van der Waals surface area contributed by atoms with Crippen molar-refractivity contribution in [1.29, 1.82) is 0 Å². The van der Waals surface area contributed by atoms with Crippen LogP contribution in [0.4, 0.5) is 5.69 Å². The van der Waals surface area contributed by atoms with E-state index in [-0.39, 0.29) is 12.2 Å². The van der Waals surface area contributed by atoms with E-state index in [4.69, 9.17) is 4.74 Å². The summed E-state index contributed by atoms with van der Waals surface area (Å²) >= 11 is 1.60. The Labute approximate surface area is 156 Å². The van der Waals surface area contributed by atoms with Gasteiger partial charge in [-0.2, -0.15) is 0 Å². The molecule has 26 heavy (non-hydrogen) atoms. The van der Waals surface area contributed by atoms with E-state index in [1.54, 1.807) is 43.0 Å². The number of benzene rings is 2. The highest BCUT2D eigenvalue weighted by Crippen LogP contribution is 2.41. The smallest absolute Gasteiger partial charge is 0.340 e. The summed E-state index contributed by atoms with van der Waals surface area (Å²) in [4.78, 5) is 27.7. The van der Waals surface area contributed by atoms with Crippen molar-refractivity contribution in [3.8, 4) is 0 Å². The van der Waals surface area contributed by atoms with Crippen LogP contribution in [0.5, 0.6) is 0 Å². The normalized spacial score (nSPS) is 16.9. The van der Waals surface area contributed by atoms with Gasteiger partial charge in [0.1, 0.15) is 5.57 Å². The fourth-order valence-corrected chi connectivity index (χ4v) is 3.39. The van der Waals surface area contributed by atoms with Crippen molar-refractivity contribution in [3.63, 3.8) is 0 Å². The Hall–Kier alpha value is -2.73. The lowest BCUT2D eigenvalue weighted by Gasteiger charge is -2.26. The van der Waals surface area contributed by atoms with Gasteiger partial charge < -0.3 is 9.84 Å². The van der Waals surface area contributed by atoms with Gasteiger partial charge in [0.05, 0.1) is 12.6 Å². The van der Waals surface area contributed by atoms with Gasteiger partial charge in [-0.1, -0.05) is 30.3 Å². The molecule has 1 unspecified atom stereocenters. The third-order valence-electron chi connectivity index (χ3n) is 4.17. The summed E-state index contributed by atoms with van der Waals surface area (Å²) in [5, 5.41) is 10.4. The molecule has 0 bridgehead atoms. The van der Waals surface area contributed by atoms with Crippen molar-refractivity contribution in [1.82, 2.24) is 0 Å². The van der Waals surface area contributed by atoms with Crippen molar-refractivity contribution in [2.45, 2.75) is 17.9 Å². The molecule has 0 radical (unpaired) electrons. The summed E-state index contributed by atoms with van der Waals surface area (Å²) in [6, 6.07) is 15.8. The van der Waals surface area contributed by atoms with Gasteiger partial charge in [-0.05, 0) is 43.0 Å². The summed E-state index contributed by atoms with van der Waals surface area (Å²) in [5.74, 6) is -1.86. The molecule has 3 rings (SSSR count). The first-order valence-corrected chi connectivity index (χ1v) is 9.43. The number of esters is 1. The molecule has 134 valence electrons. The molecule has 1 aliphatic heterocycles. The number of hydrogen-bond donors (Lipinski definition) is 1. The lowest BCUT2D eigenvalue weighted by Crippen LogP contribution is -2.31. The van der Waals surface area contributed by atoms with Crippen LogP contribution in [0.3, 0.4) is 0 Å². The van der Waals surface area contributed by atoms with E-state index in [1.807, 2.05) is 36.6 Å². The second-order valence-corrected chi connectivity index (χ2v) is 6.55. The first-order chi connectivity index (χ1) is 12.6. The minimum Gasteiger partial charge on any atom is -0.503 e. The Morgan fingerprint density at radius 2 is 1.81 bits per heavy atom. The van der Waals surface area contributed by atoms with E-state index >= 15 is 0 Å². The zero-order valence-corrected chi connectivity index (χ0v) is 15.3. The number of anilines is 1. The summed E-state index contributed by atoms with van der Waals surface area (Å²) < 4.78 is 5.09. The SMILES string of the molecule is CCOC(=O)C1=C(O)C(=O)N(c2ccccc2)C1c1ccc(SC)cc1. The quantitative estimate of drug-likeness (QED) is 0.640. The van der Waals surface area contributed by atoms with Crippen LogP contribution in [0.25, 0.3) is 0 Å². The predicted octanol–water partition coefficient (Wildman–Crippen LogP) is 3.87. The number of carbonyl (C=O) groups is 2. The second kappa shape index (κ2) is 7.66. The van der Waals surface area contributed by atoms with Crippen LogP contribution in [-0.2, 0) is 14.3 Å². The van der Waals surface area contributed by atoms with Crippen molar-refractivity contribution < 1.29 is 19.4 Å². The third kappa shape index (κ3) is 3.20. The van der Waals surface area contributed by atoms with E-state index in [0.717, 1.165) is 10.5 Å². The van der Waals surface area contributed by atoms with Crippen molar-refractivity contribution >= 4 is 29.3 Å². The standard InChI is InChI=1S/C20H19NO4S/c1-3-25-20(24)16-17(13-9-11-15(26-2)12-10-13)21(19(23)18(16)22)14-7-5-4-6-8-14/h4-12,17,22H,3H2,1-2H3. The fraction of sp³-hybridized carbons (Fsp3) is 0.200. The van der Waals surface area contributed by atoms with Crippen LogP contribution in [0.1, 0.15) is 18.5 Å². The minimum atomic E-state index is -0.736. The van der Waals surface area contributed by atoms with Gasteiger partial charge in [0.25, 0.3) is 5.91 Å². The lowest BCUT2D eigenvalue weighted by molar-refractivity contribution is -0.139. The molecular formula is C20H19NO4S. The number of carbonyl (C=O) groups excluding carboxylic acids is 2. The molecule has 1 amide bonds. The van der Waals surface area contributed by atoms with Gasteiger partial charge in [0.2, 0.25) is 0 Å². The largest absolute Gasteiger partial charge is 0.503 e. The number of thioether (sulfide) groups is 1. The summed E-state index contributed by atoms with van der Waals surface area (Å²) in [5.41, 5.74) is 1.30. The first-order valence-electron chi connectivity index (χ1n) is 8.21. The molecule has 1 N–H and O–H groups in total. The molecule has 0 fully saturated rings. The molecule has 0 aliphatic carbocycles. The van der Waals surface area contributed by atoms with Crippen LogP contribution in [0.2, 0.25) is 0 Å². The average molecular weight is 369 g/mol. The second-order valence-electron chi connectivity index (χ2n) is 5.67. The maximum absolute atomic E-state index is 12.7. The molecule has 1 atom stereocenters. The van der Waals surface area contributed by atoms with Gasteiger partial charge in [0, 0.05) is 10.6 Å². The Kier molecular flexibility index (Phi) is 5.32. The van der Waals surface area contributed by atoms with Gasteiger partial charge >= 0.3 is 5.97 Å². The zero-order chi connectivity index (χ0) is 18.7. The highest BCUT2D eigenvalue weighted by molar-refractivity contribution is 7.98. The highest BCUT2D eigenvalue weighted by Gasteiger charge is 2.45. The van der Waals surface area contributed by atoms with E-state index in [2.05, 4.69) is 0 Å². The van der Waals surface area contributed by atoms with Gasteiger partial charge in [-0.25, -0.2) is 4.79 Å². The fourth-order valence-electron chi connectivity index (χ4n) is 2.98. The maximum Gasteiger partial charge on any atom is 0.340 e. The number of ether oxygens (including phenoxy) is 1. The van der Waals surface area contributed by atoms with Crippen LogP contribution in [0.15, 0.2) is 70.8 Å². The Morgan fingerprint density at radius 1 is 1.15 bits per heavy atom. The number of amides is 1. The van der Waals surface area contributed by atoms with Crippen molar-refractivity contribution in [2.75, 3.05) is 17.8 Å². The number of aliphatic hydroxyl groups excluding tert-OH is 1. The molecule has 1 heterocycles. The summed E-state index contributed by atoms with van der Waals surface area (Å²) in [6.45, 7) is 1.84. The number of para-hydroxylation sites is 1. The number of rotatable bonds is 5. The van der Waals surface area contributed by atoms with Gasteiger partial charge in [-0.15, -0.1) is 11.8 Å². The van der Waals surface area contributed by atoms with E-state index in [0.29, 0.717) is 5.69 Å². The molecule has 6 heteroatoms. The third-order valence-corrected chi connectivity index (χ3v) is 4.91. The Balaban J connectivity index is 2.12. The molecule has 0 saturated heterocycles. The molecule has 0 spiro atoms. The van der Waals surface area contributed by atoms with Crippen LogP contribution in [-0.4, -0.2) is 29.8 Å². The van der Waals surface area contributed by atoms with Crippen LogP contribution in [0, 0.1) is 0 Å². The van der Waals surface area contributed by atoms with Crippen molar-refractivity contribution in [2.24, 2.45) is 0 Å². The van der Waals surface area contributed by atoms with Gasteiger partial charge in [0.15, 0.2) is 5.76 Å². The van der Waals surface area contributed by atoms with E-state index < -0.39 is 23.7 Å². The predicted molar refractivity (Wildman–Crippen MR) is 101 cm³/mol. The van der Waals surface area contributed by atoms with Crippen LogP contribution < -0.4 is 4.90 Å². The Bertz CT molecular complexity index is 846. The topological polar surface area (TPSA) is 66.8 Å². The number of hydrogen-bond acceptors (Lipinski definition) is 5. The average Bonchev–Trinajstić information content (AvgIpc) is 2.94. The first kappa shape index (κ1) is 18.1. The van der Waals surface area contributed by atoms with Gasteiger partial charge in [-0.3, -0.25) is 9.69 Å². The summed E-state index contributed by atoms with van der Waals surface area (Å²) in [6.07, 6.45) is 1.97. The molecular weight excluding hydrogens is 350 g/mol. The van der Waals surface area contributed by atoms with E-state index in [1.165, 1.54) is 4.90 Å². The van der Waals surface area contributed by atoms with Crippen molar-refractivity contribution in [3.05, 3.63) is 71.5 Å². The summed E-state index contributed by atoms with van der Waals surface area (Å²) in [7, 11) is 0. The molecule has 2 aromatic carbocycles. The zero-order valence-electron chi connectivity index (χ0n) is 14.5. The molecule has 5 nitrogen and oxygen atoms in total. The molecule has 1 aliphatic rings. The maximum atomic E-state index is 12.7. The lowest BCUT2D eigenvalue weighted by atomic mass is 9.99. The molecule has 0 saturated carbocycles. The number of aliphatic hydroxyl groups is 1. The van der Waals surface area contributed by atoms with Crippen LogP contribution >= 0.6 is 11.8 Å². The highest BCUT2D eigenvalue weighted by atomic mass is 32.2. The minimum absolute atomic E-state index is 0.0300. The Morgan fingerprint density at radius 3 is 2.38 bits per heavy atom.